The van der Waals surface area contributed by atoms with Crippen LogP contribution in [0.5, 0.6) is 0 Å². The fourth-order valence-electron chi connectivity index (χ4n) is 3.35. The first-order valence-corrected chi connectivity index (χ1v) is 11.3. The van der Waals surface area contributed by atoms with Crippen LogP contribution >= 0.6 is 23.1 Å². The van der Waals surface area contributed by atoms with Crippen LogP contribution in [-0.2, 0) is 6.54 Å². The fourth-order valence-corrected chi connectivity index (χ4v) is 5.00. The lowest BCUT2D eigenvalue weighted by Gasteiger charge is -2.07. The second-order valence-corrected chi connectivity index (χ2v) is 8.81. The van der Waals surface area contributed by atoms with Crippen LogP contribution in [0.3, 0.4) is 0 Å². The van der Waals surface area contributed by atoms with E-state index in [-0.39, 0.29) is 5.91 Å². The summed E-state index contributed by atoms with van der Waals surface area (Å²) in [7, 11) is 0. The molecule has 1 N–H and O–H groups in total. The van der Waals surface area contributed by atoms with Crippen molar-refractivity contribution < 1.29 is 9.21 Å². The first kappa shape index (κ1) is 18.9. The van der Waals surface area contributed by atoms with Crippen molar-refractivity contribution in [3.8, 4) is 0 Å². The first-order chi connectivity index (χ1) is 14.7. The zero-order valence-electron chi connectivity index (χ0n) is 16.2. The summed E-state index contributed by atoms with van der Waals surface area (Å²) < 4.78 is 5.53. The van der Waals surface area contributed by atoms with E-state index in [4.69, 9.17) is 9.41 Å². The van der Waals surface area contributed by atoms with Crippen molar-refractivity contribution in [3.63, 3.8) is 0 Å². The van der Waals surface area contributed by atoms with E-state index in [0.29, 0.717) is 12.1 Å². The lowest BCUT2D eigenvalue weighted by molar-refractivity contribution is 0.0948. The lowest BCUT2D eigenvalue weighted by Crippen LogP contribution is -2.22. The molecule has 3 heterocycles. The van der Waals surface area contributed by atoms with Gasteiger partial charge < -0.3 is 9.73 Å². The molecule has 0 spiro atoms. The van der Waals surface area contributed by atoms with Gasteiger partial charge in [-0.2, -0.15) is 11.3 Å². The number of furan rings is 1. The number of hydrogen-bond donors (Lipinski definition) is 1. The van der Waals surface area contributed by atoms with Crippen molar-refractivity contribution in [2.24, 2.45) is 4.99 Å². The summed E-state index contributed by atoms with van der Waals surface area (Å²) in [4.78, 5) is 19.9. The van der Waals surface area contributed by atoms with Crippen LogP contribution in [0.25, 0.3) is 0 Å². The number of carbonyl (C=O) groups excluding carboxylic acids is 1. The highest BCUT2D eigenvalue weighted by Gasteiger charge is 2.20. The first-order valence-electron chi connectivity index (χ1n) is 9.53. The lowest BCUT2D eigenvalue weighted by atomic mass is 10.0. The Morgan fingerprint density at radius 1 is 1.07 bits per heavy atom. The van der Waals surface area contributed by atoms with Gasteiger partial charge in [0.2, 0.25) is 0 Å². The predicted molar refractivity (Wildman–Crippen MR) is 121 cm³/mol. The Balaban J connectivity index is 1.49. The summed E-state index contributed by atoms with van der Waals surface area (Å²) in [6, 6.07) is 19.8. The average molecular weight is 431 g/mol. The van der Waals surface area contributed by atoms with Crippen LogP contribution in [0.2, 0.25) is 0 Å². The maximum absolute atomic E-state index is 12.7. The van der Waals surface area contributed by atoms with E-state index < -0.39 is 0 Å². The summed E-state index contributed by atoms with van der Waals surface area (Å²) >= 11 is 3.33. The molecule has 0 atom stereocenters. The van der Waals surface area contributed by atoms with E-state index in [1.807, 2.05) is 49.4 Å². The second-order valence-electron chi connectivity index (χ2n) is 6.95. The monoisotopic (exact) mass is 430 g/mol. The molecule has 0 fully saturated rings. The Morgan fingerprint density at radius 2 is 1.97 bits per heavy atom. The minimum absolute atomic E-state index is 0.147. The van der Waals surface area contributed by atoms with Crippen molar-refractivity contribution in [1.82, 2.24) is 5.32 Å². The van der Waals surface area contributed by atoms with Gasteiger partial charge in [0.05, 0.1) is 17.9 Å². The minimum atomic E-state index is -0.147. The zero-order chi connectivity index (χ0) is 20.5. The average Bonchev–Trinajstić information content (AvgIpc) is 3.40. The van der Waals surface area contributed by atoms with Crippen molar-refractivity contribution in [3.05, 3.63) is 99.6 Å². The number of aryl methyl sites for hydroxylation is 1. The van der Waals surface area contributed by atoms with Gasteiger partial charge in [-0.15, -0.1) is 0 Å². The molecule has 1 amide bonds. The highest BCUT2D eigenvalue weighted by Crippen LogP contribution is 2.41. The van der Waals surface area contributed by atoms with E-state index in [1.165, 1.54) is 0 Å². The summed E-state index contributed by atoms with van der Waals surface area (Å²) in [5, 5.41) is 7.08. The molecule has 4 nitrogen and oxygen atoms in total. The largest absolute Gasteiger partial charge is 0.465 e. The van der Waals surface area contributed by atoms with Gasteiger partial charge in [0.1, 0.15) is 11.5 Å². The molecule has 30 heavy (non-hydrogen) atoms. The van der Waals surface area contributed by atoms with Crippen LogP contribution in [-0.4, -0.2) is 11.6 Å². The van der Waals surface area contributed by atoms with Gasteiger partial charge in [-0.25, -0.2) is 4.99 Å². The number of nitrogens with zero attached hydrogens (tertiary/aromatic N) is 1. The van der Waals surface area contributed by atoms with Crippen molar-refractivity contribution in [2.75, 3.05) is 0 Å². The molecule has 0 aliphatic carbocycles. The molecular formula is C24H18N2O2S2. The zero-order valence-corrected chi connectivity index (χ0v) is 17.8. The summed E-state index contributed by atoms with van der Waals surface area (Å²) in [5.41, 5.74) is 4.51. The SMILES string of the molecule is Cc1ccc(CNC(=O)c2ccc3c(c2)N=C(c2ccsc2)c2ccccc2S3)o1. The van der Waals surface area contributed by atoms with E-state index >= 15 is 0 Å². The summed E-state index contributed by atoms with van der Waals surface area (Å²) in [5.74, 6) is 1.42. The van der Waals surface area contributed by atoms with Crippen LogP contribution in [0.15, 0.2) is 90.6 Å². The van der Waals surface area contributed by atoms with Gasteiger partial charge in [-0.3, -0.25) is 4.79 Å². The quantitative estimate of drug-likeness (QED) is 0.369. The third-order valence-electron chi connectivity index (χ3n) is 4.83. The highest BCUT2D eigenvalue weighted by atomic mass is 32.2. The van der Waals surface area contributed by atoms with Crippen molar-refractivity contribution in [1.29, 1.82) is 0 Å². The Hall–Kier alpha value is -3.09. The second kappa shape index (κ2) is 7.97. The molecular weight excluding hydrogens is 412 g/mol. The Morgan fingerprint density at radius 3 is 2.77 bits per heavy atom. The van der Waals surface area contributed by atoms with Crippen LogP contribution < -0.4 is 5.32 Å². The van der Waals surface area contributed by atoms with E-state index in [2.05, 4.69) is 34.3 Å². The molecule has 0 radical (unpaired) electrons. The smallest absolute Gasteiger partial charge is 0.251 e. The third kappa shape index (κ3) is 3.72. The number of fused-ring (bicyclic) bond motifs is 2. The topological polar surface area (TPSA) is 54.6 Å². The van der Waals surface area contributed by atoms with Crippen LogP contribution in [0.1, 0.15) is 33.0 Å². The van der Waals surface area contributed by atoms with Gasteiger partial charge in [0.25, 0.3) is 5.91 Å². The molecule has 1 aliphatic heterocycles. The number of thiophene rings is 1. The third-order valence-corrected chi connectivity index (χ3v) is 6.65. The van der Waals surface area contributed by atoms with Crippen molar-refractivity contribution in [2.45, 2.75) is 23.3 Å². The summed E-state index contributed by atoms with van der Waals surface area (Å²) in [6.45, 7) is 2.24. The molecule has 0 saturated carbocycles. The number of aliphatic imine (C=N–C) groups is 1. The van der Waals surface area contributed by atoms with E-state index in [9.17, 15) is 4.79 Å². The normalized spacial score (nSPS) is 12.5. The summed E-state index contributed by atoms with van der Waals surface area (Å²) in [6.07, 6.45) is 0. The Bertz CT molecular complexity index is 1260. The van der Waals surface area contributed by atoms with Gasteiger partial charge in [-0.1, -0.05) is 30.0 Å². The van der Waals surface area contributed by atoms with Crippen LogP contribution in [0.4, 0.5) is 5.69 Å². The molecule has 0 unspecified atom stereocenters. The van der Waals surface area contributed by atoms with E-state index in [0.717, 1.165) is 43.8 Å². The fraction of sp³-hybridized carbons (Fsp3) is 0.0833. The maximum atomic E-state index is 12.7. The van der Waals surface area contributed by atoms with Gasteiger partial charge in [-0.05, 0) is 54.8 Å². The number of carbonyl (C=O) groups is 1. The molecule has 148 valence electrons. The number of rotatable bonds is 4. The molecule has 1 aliphatic rings. The predicted octanol–water partition coefficient (Wildman–Crippen LogP) is 6.21. The number of nitrogens with one attached hydrogen (secondary N) is 1. The van der Waals surface area contributed by atoms with E-state index in [1.54, 1.807) is 23.1 Å². The van der Waals surface area contributed by atoms with Gasteiger partial charge in [0, 0.05) is 31.9 Å². The van der Waals surface area contributed by atoms with Gasteiger partial charge in [0.15, 0.2) is 0 Å². The van der Waals surface area contributed by atoms with Crippen molar-refractivity contribution >= 4 is 40.4 Å². The maximum Gasteiger partial charge on any atom is 0.251 e. The molecule has 5 rings (SSSR count). The molecule has 0 bridgehead atoms. The number of hydrogen-bond acceptors (Lipinski definition) is 5. The number of benzene rings is 2. The molecule has 2 aromatic heterocycles. The standard InChI is InChI=1S/C24H18N2O2S2/c1-15-6-8-18(28-15)13-25-24(27)16-7-9-22-20(12-16)26-23(17-10-11-29-14-17)19-4-2-3-5-21(19)30-22/h2-12,14H,13H2,1H3,(H,25,27). The highest BCUT2D eigenvalue weighted by molar-refractivity contribution is 7.99. The Kier molecular flexibility index (Phi) is 5.02. The Labute approximate surface area is 182 Å². The van der Waals surface area contributed by atoms with Gasteiger partial charge >= 0.3 is 0 Å². The molecule has 2 aromatic carbocycles. The number of amides is 1. The van der Waals surface area contributed by atoms with Crippen LogP contribution in [0, 0.1) is 6.92 Å². The minimum Gasteiger partial charge on any atom is -0.465 e. The molecule has 0 saturated heterocycles. The molecule has 6 heteroatoms. The molecule has 4 aromatic rings.